The lowest BCUT2D eigenvalue weighted by Gasteiger charge is -2.10. The molecule has 2 aromatic rings. The van der Waals surface area contributed by atoms with E-state index in [1.165, 1.54) is 20.4 Å². The number of hydrogen-bond donors (Lipinski definition) is 1. The number of carbonyl (C=O) groups excluding carboxylic acids is 1. The molecule has 0 spiro atoms. The minimum absolute atomic E-state index is 0.257. The van der Waals surface area contributed by atoms with E-state index in [-0.39, 0.29) is 11.6 Å². The molecule has 0 aliphatic carbocycles. The van der Waals surface area contributed by atoms with Crippen LogP contribution in [-0.4, -0.2) is 30.0 Å². The summed E-state index contributed by atoms with van der Waals surface area (Å²) < 4.78 is 10.3. The number of benzene rings is 1. The molecular weight excluding hydrogens is 220 g/mol. The van der Waals surface area contributed by atoms with Gasteiger partial charge in [-0.2, -0.15) is 0 Å². The van der Waals surface area contributed by atoms with Crippen molar-refractivity contribution in [1.82, 2.24) is 9.97 Å². The second-order valence-corrected chi connectivity index (χ2v) is 3.30. The molecule has 2 rings (SSSR count). The van der Waals surface area contributed by atoms with E-state index in [4.69, 9.17) is 9.47 Å². The van der Waals surface area contributed by atoms with Crippen molar-refractivity contribution >= 4 is 5.78 Å². The summed E-state index contributed by atoms with van der Waals surface area (Å²) in [6.07, 6.45) is 3.12. The fraction of sp³-hybridized carbons (Fsp3) is 0.167. The summed E-state index contributed by atoms with van der Waals surface area (Å²) in [5, 5.41) is 0. The molecule has 1 aromatic heterocycles. The van der Waals surface area contributed by atoms with Crippen LogP contribution in [0.5, 0.6) is 11.5 Å². The number of rotatable bonds is 4. The van der Waals surface area contributed by atoms with Crippen LogP contribution < -0.4 is 9.47 Å². The number of aromatic nitrogens is 2. The molecule has 5 heteroatoms. The maximum Gasteiger partial charge on any atom is 0.235 e. The molecule has 88 valence electrons. The lowest BCUT2D eigenvalue weighted by Crippen LogP contribution is -2.08. The van der Waals surface area contributed by atoms with Crippen molar-refractivity contribution in [2.24, 2.45) is 0 Å². The van der Waals surface area contributed by atoms with Gasteiger partial charge in [0.2, 0.25) is 5.78 Å². The van der Waals surface area contributed by atoms with Gasteiger partial charge >= 0.3 is 0 Å². The van der Waals surface area contributed by atoms with E-state index in [2.05, 4.69) is 9.97 Å². The maximum atomic E-state index is 12.2. The molecule has 0 bridgehead atoms. The average Bonchev–Trinajstić information content (AvgIpc) is 2.90. The summed E-state index contributed by atoms with van der Waals surface area (Å²) in [7, 11) is 3.02. The highest BCUT2D eigenvalue weighted by molar-refractivity contribution is 6.10. The first-order valence-corrected chi connectivity index (χ1v) is 5.03. The van der Waals surface area contributed by atoms with Gasteiger partial charge < -0.3 is 14.5 Å². The van der Waals surface area contributed by atoms with E-state index >= 15 is 0 Å². The molecule has 0 saturated carbocycles. The van der Waals surface area contributed by atoms with Crippen LogP contribution in [0.4, 0.5) is 0 Å². The predicted octanol–water partition coefficient (Wildman–Crippen LogP) is 1.66. The van der Waals surface area contributed by atoms with Crippen LogP contribution in [0.1, 0.15) is 16.2 Å². The minimum Gasteiger partial charge on any atom is -0.496 e. The van der Waals surface area contributed by atoms with E-state index in [1.54, 1.807) is 24.4 Å². The van der Waals surface area contributed by atoms with Crippen molar-refractivity contribution in [2.75, 3.05) is 14.2 Å². The number of ether oxygens (including phenoxy) is 2. The van der Waals surface area contributed by atoms with Gasteiger partial charge in [-0.05, 0) is 12.1 Å². The molecule has 0 amide bonds. The van der Waals surface area contributed by atoms with Gasteiger partial charge in [-0.3, -0.25) is 4.79 Å². The summed E-state index contributed by atoms with van der Waals surface area (Å²) in [5.41, 5.74) is 0.368. The van der Waals surface area contributed by atoms with Crippen LogP contribution >= 0.6 is 0 Å². The number of nitrogens with one attached hydrogen (secondary N) is 1. The van der Waals surface area contributed by atoms with Crippen molar-refractivity contribution in [1.29, 1.82) is 0 Å². The van der Waals surface area contributed by atoms with Gasteiger partial charge in [-0.1, -0.05) is 6.07 Å². The first-order valence-electron chi connectivity index (χ1n) is 5.03. The number of methoxy groups -OCH3 is 2. The predicted molar refractivity (Wildman–Crippen MR) is 61.6 cm³/mol. The topological polar surface area (TPSA) is 64.2 Å². The van der Waals surface area contributed by atoms with Crippen LogP contribution in [-0.2, 0) is 0 Å². The molecule has 0 atom stereocenters. The van der Waals surface area contributed by atoms with Crippen LogP contribution in [0, 0.1) is 0 Å². The van der Waals surface area contributed by atoms with Gasteiger partial charge in [0.25, 0.3) is 0 Å². The molecule has 0 unspecified atom stereocenters. The standard InChI is InChI=1S/C12H12N2O3/c1-16-8-4-3-5-9(17-2)10(8)11(15)12-13-6-7-14-12/h3-7H,1-2H3,(H,13,14). The Bertz CT molecular complexity index is 498. The highest BCUT2D eigenvalue weighted by Gasteiger charge is 2.21. The SMILES string of the molecule is COc1cccc(OC)c1C(=O)c1ncc[nH]1. The Kier molecular flexibility index (Phi) is 3.09. The van der Waals surface area contributed by atoms with Crippen molar-refractivity contribution in [3.63, 3.8) is 0 Å². The zero-order valence-electron chi connectivity index (χ0n) is 9.56. The largest absolute Gasteiger partial charge is 0.496 e. The number of carbonyl (C=O) groups is 1. The second-order valence-electron chi connectivity index (χ2n) is 3.30. The number of nitrogens with zero attached hydrogens (tertiary/aromatic N) is 1. The van der Waals surface area contributed by atoms with Crippen LogP contribution in [0.15, 0.2) is 30.6 Å². The fourth-order valence-electron chi connectivity index (χ4n) is 1.58. The number of ketones is 1. The molecule has 1 heterocycles. The summed E-state index contributed by atoms with van der Waals surface area (Å²) >= 11 is 0. The molecular formula is C12H12N2O3. The second kappa shape index (κ2) is 4.69. The third-order valence-corrected chi connectivity index (χ3v) is 2.37. The highest BCUT2D eigenvalue weighted by atomic mass is 16.5. The Morgan fingerprint density at radius 1 is 1.24 bits per heavy atom. The Balaban J connectivity index is 2.53. The number of hydrogen-bond acceptors (Lipinski definition) is 4. The smallest absolute Gasteiger partial charge is 0.235 e. The highest BCUT2D eigenvalue weighted by Crippen LogP contribution is 2.29. The molecule has 0 fully saturated rings. The summed E-state index contributed by atoms with van der Waals surface area (Å²) in [6.45, 7) is 0. The molecule has 0 aliphatic rings. The van der Waals surface area contributed by atoms with E-state index in [0.717, 1.165) is 0 Å². The zero-order chi connectivity index (χ0) is 12.3. The lowest BCUT2D eigenvalue weighted by atomic mass is 10.1. The molecule has 0 aliphatic heterocycles. The van der Waals surface area contributed by atoms with Crippen molar-refractivity contribution in [3.05, 3.63) is 42.0 Å². The number of aromatic amines is 1. The molecule has 5 nitrogen and oxygen atoms in total. The number of imidazole rings is 1. The minimum atomic E-state index is -0.260. The van der Waals surface area contributed by atoms with Gasteiger partial charge in [0.15, 0.2) is 5.82 Å². The Hall–Kier alpha value is -2.30. The molecule has 1 N–H and O–H groups in total. The maximum absolute atomic E-state index is 12.2. The lowest BCUT2D eigenvalue weighted by molar-refractivity contribution is 0.102. The third kappa shape index (κ3) is 1.99. The van der Waals surface area contributed by atoms with Gasteiger partial charge in [0, 0.05) is 12.4 Å². The van der Waals surface area contributed by atoms with E-state index in [0.29, 0.717) is 17.1 Å². The first-order chi connectivity index (χ1) is 8.27. The van der Waals surface area contributed by atoms with Crippen LogP contribution in [0.3, 0.4) is 0 Å². The van der Waals surface area contributed by atoms with Crippen LogP contribution in [0.25, 0.3) is 0 Å². The Morgan fingerprint density at radius 3 is 2.35 bits per heavy atom. The summed E-state index contributed by atoms with van der Waals surface area (Å²) in [6, 6.07) is 5.17. The van der Waals surface area contributed by atoms with Gasteiger partial charge in [-0.15, -0.1) is 0 Å². The van der Waals surface area contributed by atoms with Crippen molar-refractivity contribution in [3.8, 4) is 11.5 Å². The summed E-state index contributed by atoms with van der Waals surface area (Å²) in [4.78, 5) is 18.9. The number of H-pyrrole nitrogens is 1. The molecule has 17 heavy (non-hydrogen) atoms. The monoisotopic (exact) mass is 232 g/mol. The Labute approximate surface area is 98.4 Å². The third-order valence-electron chi connectivity index (χ3n) is 2.37. The van der Waals surface area contributed by atoms with Gasteiger partial charge in [-0.25, -0.2) is 4.98 Å². The van der Waals surface area contributed by atoms with E-state index < -0.39 is 0 Å². The zero-order valence-corrected chi connectivity index (χ0v) is 9.56. The Morgan fingerprint density at radius 2 is 1.88 bits per heavy atom. The molecule has 0 radical (unpaired) electrons. The van der Waals surface area contributed by atoms with Crippen molar-refractivity contribution < 1.29 is 14.3 Å². The molecule has 0 saturated heterocycles. The van der Waals surface area contributed by atoms with E-state index in [9.17, 15) is 4.79 Å². The van der Waals surface area contributed by atoms with Crippen LogP contribution in [0.2, 0.25) is 0 Å². The average molecular weight is 232 g/mol. The van der Waals surface area contributed by atoms with Gasteiger partial charge in [0.05, 0.1) is 14.2 Å². The van der Waals surface area contributed by atoms with Crippen molar-refractivity contribution in [2.45, 2.75) is 0 Å². The fourth-order valence-corrected chi connectivity index (χ4v) is 1.58. The quantitative estimate of drug-likeness (QED) is 0.814. The normalized spacial score (nSPS) is 10.0. The van der Waals surface area contributed by atoms with E-state index in [1.807, 2.05) is 0 Å². The summed E-state index contributed by atoms with van der Waals surface area (Å²) in [5.74, 6) is 0.925. The first kappa shape index (κ1) is 11.2. The molecule has 1 aromatic carbocycles. The van der Waals surface area contributed by atoms with Gasteiger partial charge in [0.1, 0.15) is 17.1 Å².